The molecule has 1 N–H and O–H groups in total. The maximum atomic E-state index is 11.0. The van der Waals surface area contributed by atoms with E-state index >= 15 is 0 Å². The van der Waals surface area contributed by atoms with Gasteiger partial charge in [-0.3, -0.25) is 4.79 Å². The third-order valence-electron chi connectivity index (χ3n) is 1.48. The first-order chi connectivity index (χ1) is 7.32. The van der Waals surface area contributed by atoms with Crippen molar-refractivity contribution in [1.82, 2.24) is 4.98 Å². The zero-order chi connectivity index (χ0) is 12.3. The van der Waals surface area contributed by atoms with Gasteiger partial charge in [-0.05, 0) is 12.1 Å². The number of aromatic nitrogens is 1. The van der Waals surface area contributed by atoms with Crippen LogP contribution < -0.4 is 5.32 Å². The summed E-state index contributed by atoms with van der Waals surface area (Å²) in [6.07, 6.45) is 0. The molecule has 0 radical (unpaired) electrons. The molecule has 16 heavy (non-hydrogen) atoms. The Balaban J connectivity index is 3.34. The fraction of sp³-hybridized carbons (Fsp3) is 0.125. The van der Waals surface area contributed by atoms with Crippen molar-refractivity contribution < 1.29 is 13.2 Å². The highest BCUT2D eigenvalue weighted by atomic mass is 35.7. The molecule has 84 valence electrons. The van der Waals surface area contributed by atoms with Gasteiger partial charge in [-0.25, -0.2) is 13.4 Å². The van der Waals surface area contributed by atoms with E-state index in [-0.39, 0.29) is 11.4 Å². The molecule has 0 saturated carbocycles. The first-order valence-electron chi connectivity index (χ1n) is 3.97. The second-order valence-corrected chi connectivity index (χ2v) is 5.32. The number of amides is 1. The highest BCUT2D eigenvalue weighted by molar-refractivity contribution is 8.13. The van der Waals surface area contributed by atoms with Crippen LogP contribution in [0.1, 0.15) is 12.5 Å². The van der Waals surface area contributed by atoms with E-state index in [4.69, 9.17) is 15.9 Å². The lowest BCUT2D eigenvalue weighted by Gasteiger charge is -2.03. The SMILES string of the molecule is CC(=O)Nc1cc(C#N)cc(S(=O)(=O)Cl)n1. The summed E-state index contributed by atoms with van der Waals surface area (Å²) < 4.78 is 22.0. The molecule has 0 aliphatic heterocycles. The third-order valence-corrected chi connectivity index (χ3v) is 2.67. The first-order valence-corrected chi connectivity index (χ1v) is 6.28. The third kappa shape index (κ3) is 3.18. The maximum absolute atomic E-state index is 11.0. The molecule has 0 aliphatic rings. The van der Waals surface area contributed by atoms with Crippen LogP contribution in [-0.2, 0) is 13.8 Å². The number of hydrogen-bond acceptors (Lipinski definition) is 5. The van der Waals surface area contributed by atoms with Crippen LogP contribution in [0.4, 0.5) is 5.82 Å². The second kappa shape index (κ2) is 4.47. The molecule has 8 heteroatoms. The van der Waals surface area contributed by atoms with Crippen molar-refractivity contribution in [2.75, 3.05) is 5.32 Å². The molecule has 1 heterocycles. The molecule has 1 amide bonds. The summed E-state index contributed by atoms with van der Waals surface area (Å²) in [5.74, 6) is -0.466. The van der Waals surface area contributed by atoms with Crippen molar-refractivity contribution >= 4 is 31.5 Å². The minimum atomic E-state index is -4.04. The molecule has 0 spiro atoms. The van der Waals surface area contributed by atoms with Gasteiger partial charge in [0.15, 0.2) is 5.03 Å². The average molecular weight is 260 g/mol. The summed E-state index contributed by atoms with van der Waals surface area (Å²) in [5, 5.41) is 10.5. The van der Waals surface area contributed by atoms with E-state index in [9.17, 15) is 13.2 Å². The lowest BCUT2D eigenvalue weighted by Crippen LogP contribution is -2.09. The van der Waals surface area contributed by atoms with Crippen LogP contribution in [0.5, 0.6) is 0 Å². The van der Waals surface area contributed by atoms with E-state index in [1.807, 2.05) is 0 Å². The molecular formula is C8H6ClN3O3S. The predicted molar refractivity (Wildman–Crippen MR) is 56.3 cm³/mol. The number of carbonyl (C=O) groups excluding carboxylic acids is 1. The van der Waals surface area contributed by atoms with Crippen molar-refractivity contribution in [2.45, 2.75) is 11.9 Å². The van der Waals surface area contributed by atoms with Crippen molar-refractivity contribution in [3.63, 3.8) is 0 Å². The minimum absolute atomic E-state index is 0.0363. The molecule has 1 aromatic rings. The molecule has 0 aliphatic carbocycles. The lowest BCUT2D eigenvalue weighted by atomic mass is 10.3. The summed E-state index contributed by atoms with van der Waals surface area (Å²) >= 11 is 0. The smallest absolute Gasteiger partial charge is 0.278 e. The molecule has 0 atom stereocenters. The predicted octanol–water partition coefficient (Wildman–Crippen LogP) is 0.839. The normalized spacial score (nSPS) is 10.6. The number of nitrogens with one attached hydrogen (secondary N) is 1. The van der Waals surface area contributed by atoms with Gasteiger partial charge in [0.2, 0.25) is 5.91 Å². The number of carbonyl (C=O) groups is 1. The topological polar surface area (TPSA) is 99.9 Å². The average Bonchev–Trinajstić information content (AvgIpc) is 2.14. The van der Waals surface area contributed by atoms with E-state index in [0.29, 0.717) is 0 Å². The fourth-order valence-electron chi connectivity index (χ4n) is 0.939. The van der Waals surface area contributed by atoms with Gasteiger partial charge in [-0.15, -0.1) is 0 Å². The van der Waals surface area contributed by atoms with Gasteiger partial charge >= 0.3 is 0 Å². The van der Waals surface area contributed by atoms with Crippen LogP contribution in [0, 0.1) is 11.3 Å². The number of pyridine rings is 1. The van der Waals surface area contributed by atoms with E-state index in [1.54, 1.807) is 6.07 Å². The minimum Gasteiger partial charge on any atom is -0.311 e. The Bertz CT molecular complexity index is 577. The molecule has 0 aromatic carbocycles. The van der Waals surface area contributed by atoms with Crippen LogP contribution in [0.25, 0.3) is 0 Å². The number of anilines is 1. The Morgan fingerprint density at radius 1 is 1.56 bits per heavy atom. The maximum Gasteiger partial charge on any atom is 0.278 e. The summed E-state index contributed by atoms with van der Waals surface area (Å²) in [5.41, 5.74) is 0.0398. The first kappa shape index (κ1) is 12.4. The molecule has 0 saturated heterocycles. The highest BCUT2D eigenvalue weighted by Crippen LogP contribution is 2.17. The van der Waals surface area contributed by atoms with Gasteiger partial charge in [0.05, 0.1) is 11.6 Å². The van der Waals surface area contributed by atoms with Gasteiger partial charge < -0.3 is 5.32 Å². The summed E-state index contributed by atoms with van der Waals surface area (Å²) in [7, 11) is 1.05. The van der Waals surface area contributed by atoms with E-state index in [0.717, 1.165) is 6.07 Å². The molecule has 0 bridgehead atoms. The van der Waals surface area contributed by atoms with Crippen LogP contribution in [0.2, 0.25) is 0 Å². The Labute approximate surface area is 96.3 Å². The van der Waals surface area contributed by atoms with Crippen molar-refractivity contribution in [2.24, 2.45) is 0 Å². The highest BCUT2D eigenvalue weighted by Gasteiger charge is 2.14. The van der Waals surface area contributed by atoms with Crippen LogP contribution in [0.15, 0.2) is 17.2 Å². The number of rotatable bonds is 2. The van der Waals surface area contributed by atoms with Crippen molar-refractivity contribution in [1.29, 1.82) is 5.26 Å². The standard InChI is InChI=1S/C8H6ClN3O3S/c1-5(13)11-7-2-6(4-10)3-8(12-7)16(9,14)15/h2-3H,1H3,(H,11,12,13). The molecule has 1 rings (SSSR count). The summed E-state index contributed by atoms with van der Waals surface area (Å²) in [6.45, 7) is 1.23. The number of hydrogen-bond donors (Lipinski definition) is 1. The Morgan fingerprint density at radius 3 is 2.62 bits per heavy atom. The fourth-order valence-corrected chi connectivity index (χ4v) is 1.65. The van der Waals surface area contributed by atoms with E-state index < -0.39 is 20.0 Å². The van der Waals surface area contributed by atoms with E-state index in [1.165, 1.54) is 13.0 Å². The van der Waals surface area contributed by atoms with Gasteiger partial charge in [-0.1, -0.05) is 0 Å². The monoisotopic (exact) mass is 259 g/mol. The van der Waals surface area contributed by atoms with Crippen LogP contribution in [0.3, 0.4) is 0 Å². The number of halogens is 1. The zero-order valence-corrected chi connectivity index (χ0v) is 9.63. The molecule has 6 nitrogen and oxygen atoms in total. The molecular weight excluding hydrogens is 254 g/mol. The Morgan fingerprint density at radius 2 is 2.19 bits per heavy atom. The van der Waals surface area contributed by atoms with Crippen LogP contribution >= 0.6 is 10.7 Å². The number of nitrogens with zero attached hydrogens (tertiary/aromatic N) is 2. The summed E-state index contributed by atoms with van der Waals surface area (Å²) in [4.78, 5) is 14.3. The summed E-state index contributed by atoms with van der Waals surface area (Å²) in [6, 6.07) is 4.00. The quantitative estimate of drug-likeness (QED) is 0.793. The second-order valence-electron chi connectivity index (χ2n) is 2.81. The van der Waals surface area contributed by atoms with Crippen LogP contribution in [-0.4, -0.2) is 19.3 Å². The zero-order valence-electron chi connectivity index (χ0n) is 8.06. The molecule has 1 aromatic heterocycles. The lowest BCUT2D eigenvalue weighted by molar-refractivity contribution is -0.114. The van der Waals surface area contributed by atoms with E-state index in [2.05, 4.69) is 10.3 Å². The Hall–Kier alpha value is -1.65. The van der Waals surface area contributed by atoms with Gasteiger partial charge in [0.25, 0.3) is 9.05 Å². The van der Waals surface area contributed by atoms with Crippen molar-refractivity contribution in [3.8, 4) is 6.07 Å². The molecule has 0 unspecified atom stereocenters. The van der Waals surface area contributed by atoms with Gasteiger partial charge in [0, 0.05) is 17.6 Å². The van der Waals surface area contributed by atoms with Gasteiger partial charge in [0.1, 0.15) is 5.82 Å². The number of nitriles is 1. The molecule has 0 fully saturated rings. The largest absolute Gasteiger partial charge is 0.311 e. The van der Waals surface area contributed by atoms with Gasteiger partial charge in [-0.2, -0.15) is 5.26 Å². The van der Waals surface area contributed by atoms with Crippen molar-refractivity contribution in [3.05, 3.63) is 17.7 Å². The Kier molecular flexibility index (Phi) is 3.47.